The summed E-state index contributed by atoms with van der Waals surface area (Å²) in [6.45, 7) is 6.39. The quantitative estimate of drug-likeness (QED) is 0.455. The Bertz CT molecular complexity index is 750. The summed E-state index contributed by atoms with van der Waals surface area (Å²) < 4.78 is 19.4. The minimum atomic E-state index is -1.61. The van der Waals surface area contributed by atoms with Crippen LogP contribution in [-0.2, 0) is 0 Å². The molecule has 8 heteroatoms. The summed E-state index contributed by atoms with van der Waals surface area (Å²) in [5, 5.41) is 12.6. The van der Waals surface area contributed by atoms with Crippen molar-refractivity contribution < 1.29 is 19.0 Å². The number of nitrogens with zero attached hydrogens (tertiary/aromatic N) is 1. The van der Waals surface area contributed by atoms with Crippen LogP contribution in [0.15, 0.2) is 35.1 Å². The molecule has 2 rings (SSSR count). The highest BCUT2D eigenvalue weighted by atomic mass is 79.9. The van der Waals surface area contributed by atoms with Gasteiger partial charge in [-0.25, -0.2) is 14.2 Å². The molecule has 0 saturated heterocycles. The zero-order chi connectivity index (χ0) is 17.2. The second kappa shape index (κ2) is 6.67. The molecule has 0 aliphatic rings. The van der Waals surface area contributed by atoms with Crippen molar-refractivity contribution in [1.82, 2.24) is 4.98 Å². The van der Waals surface area contributed by atoms with Crippen molar-refractivity contribution in [2.24, 2.45) is 0 Å². The second-order valence-corrected chi connectivity index (χ2v) is 11.8. The van der Waals surface area contributed by atoms with Crippen LogP contribution in [0, 0.1) is 5.82 Å². The largest absolute Gasteiger partial charge is 0.511 e. The van der Waals surface area contributed by atoms with Gasteiger partial charge in [0.25, 0.3) is 0 Å². The topological polar surface area (TPSA) is 71.5 Å². The summed E-state index contributed by atoms with van der Waals surface area (Å²) in [7, 11) is -1.61. The lowest BCUT2D eigenvalue weighted by Crippen LogP contribution is -2.37. The molecule has 1 aromatic carbocycles. The third-order valence-corrected chi connectivity index (χ3v) is 5.61. The molecule has 0 aliphatic heterocycles. The van der Waals surface area contributed by atoms with Gasteiger partial charge in [-0.2, -0.15) is 0 Å². The maximum Gasteiger partial charge on any atom is 0.511 e. The van der Waals surface area contributed by atoms with Crippen LogP contribution in [0.25, 0.3) is 0 Å². The van der Waals surface area contributed by atoms with Gasteiger partial charge in [0.05, 0.1) is 20.0 Å². The average Bonchev–Trinajstić information content (AvgIpc) is 2.42. The van der Waals surface area contributed by atoms with Gasteiger partial charge < -0.3 is 15.2 Å². The summed E-state index contributed by atoms with van der Waals surface area (Å²) in [5.74, 6) is -0.373. The Balaban J connectivity index is 2.34. The van der Waals surface area contributed by atoms with Crippen molar-refractivity contribution in [1.29, 1.82) is 0 Å². The van der Waals surface area contributed by atoms with Gasteiger partial charge in [0.1, 0.15) is 16.1 Å². The van der Waals surface area contributed by atoms with Gasteiger partial charge in [-0.15, -0.1) is 0 Å². The van der Waals surface area contributed by atoms with Crippen LogP contribution < -0.4 is 15.2 Å². The summed E-state index contributed by atoms with van der Waals surface area (Å²) in [6.07, 6.45) is -0.0884. The summed E-state index contributed by atoms with van der Waals surface area (Å²) in [5.41, 5.74) is 0.488. The zero-order valence-corrected chi connectivity index (χ0v) is 15.4. The van der Waals surface area contributed by atoms with E-state index in [-0.39, 0.29) is 17.1 Å². The van der Waals surface area contributed by atoms with Gasteiger partial charge in [-0.1, -0.05) is 30.9 Å². The molecule has 0 atom stereocenters. The van der Waals surface area contributed by atoms with E-state index in [0.717, 1.165) is 5.19 Å². The number of carbonyl (C=O) groups is 1. The van der Waals surface area contributed by atoms with Gasteiger partial charge in [-0.05, 0) is 28.1 Å². The predicted molar refractivity (Wildman–Crippen MR) is 93.3 cm³/mol. The van der Waals surface area contributed by atoms with E-state index in [1.807, 2.05) is 6.07 Å². The molecule has 0 radical (unpaired) electrons. The fourth-order valence-corrected chi connectivity index (χ4v) is 3.37. The minimum Gasteiger partial charge on any atom is -0.449 e. The van der Waals surface area contributed by atoms with Crippen molar-refractivity contribution in [3.05, 3.63) is 40.9 Å². The molecular weight excluding hydrogens is 383 g/mol. The van der Waals surface area contributed by atoms with Crippen molar-refractivity contribution in [3.8, 4) is 5.75 Å². The van der Waals surface area contributed by atoms with Crippen LogP contribution in [0.5, 0.6) is 5.75 Å². The Labute approximate surface area is 142 Å². The lowest BCUT2D eigenvalue weighted by molar-refractivity contribution is 0.144. The van der Waals surface area contributed by atoms with Crippen molar-refractivity contribution in [2.75, 3.05) is 5.32 Å². The molecule has 0 bridgehead atoms. The van der Waals surface area contributed by atoms with Crippen LogP contribution in [-0.4, -0.2) is 24.3 Å². The Kier molecular flexibility index (Phi) is 5.05. The molecule has 1 heterocycles. The van der Waals surface area contributed by atoms with Gasteiger partial charge in [0, 0.05) is 6.07 Å². The third kappa shape index (κ3) is 4.52. The van der Waals surface area contributed by atoms with E-state index < -0.39 is 20.0 Å². The average molecular weight is 399 g/mol. The second-order valence-electron chi connectivity index (χ2n) is 5.94. The lowest BCUT2D eigenvalue weighted by atomic mass is 10.3. The zero-order valence-electron chi connectivity index (χ0n) is 12.9. The van der Waals surface area contributed by atoms with E-state index in [0.29, 0.717) is 4.60 Å². The van der Waals surface area contributed by atoms with E-state index >= 15 is 0 Å². The highest BCUT2D eigenvalue weighted by molar-refractivity contribution is 9.10. The molecule has 0 unspecified atom stereocenters. The molecule has 122 valence electrons. The van der Waals surface area contributed by atoms with E-state index in [1.165, 1.54) is 18.3 Å². The van der Waals surface area contributed by atoms with Crippen molar-refractivity contribution in [2.45, 2.75) is 19.6 Å². The molecule has 1 aromatic heterocycles. The number of benzene rings is 1. The number of hydrogen-bond acceptors (Lipinski definition) is 4. The number of hydrogen-bond donors (Lipinski definition) is 2. The van der Waals surface area contributed by atoms with Crippen LogP contribution in [0.2, 0.25) is 19.6 Å². The first kappa shape index (κ1) is 17.4. The van der Waals surface area contributed by atoms with Crippen LogP contribution in [0.4, 0.5) is 20.6 Å². The maximum atomic E-state index is 14.3. The first-order valence-corrected chi connectivity index (χ1v) is 11.1. The molecule has 0 spiro atoms. The van der Waals surface area contributed by atoms with Gasteiger partial charge in [-0.3, -0.25) is 0 Å². The minimum absolute atomic E-state index is 0.0352. The predicted octanol–water partition coefficient (Wildman–Crippen LogP) is 4.33. The Hall–Kier alpha value is -1.93. The van der Waals surface area contributed by atoms with Gasteiger partial charge >= 0.3 is 6.16 Å². The number of pyridine rings is 1. The first-order chi connectivity index (χ1) is 10.7. The van der Waals surface area contributed by atoms with Gasteiger partial charge in [0.2, 0.25) is 0 Å². The highest BCUT2D eigenvalue weighted by Gasteiger charge is 2.18. The Morgan fingerprint density at radius 2 is 2.00 bits per heavy atom. The summed E-state index contributed by atoms with van der Waals surface area (Å²) in [4.78, 5) is 14.7. The number of aromatic nitrogens is 1. The number of ether oxygens (including phenoxy) is 1. The number of anilines is 2. The Morgan fingerprint density at radius 3 is 2.57 bits per heavy atom. The summed E-state index contributed by atoms with van der Waals surface area (Å²) >= 11 is 3.14. The van der Waals surface area contributed by atoms with E-state index in [9.17, 15) is 9.18 Å². The highest BCUT2D eigenvalue weighted by Crippen LogP contribution is 2.30. The molecule has 0 aliphatic carbocycles. The maximum absolute atomic E-state index is 14.3. The molecule has 23 heavy (non-hydrogen) atoms. The molecule has 0 fully saturated rings. The molecular formula is C15H16BrFN2O3Si. The molecule has 2 aromatic rings. The van der Waals surface area contributed by atoms with E-state index in [4.69, 9.17) is 5.11 Å². The number of rotatable bonds is 4. The molecule has 2 N–H and O–H groups in total. The normalized spacial score (nSPS) is 11.2. The van der Waals surface area contributed by atoms with Crippen molar-refractivity contribution >= 4 is 46.7 Å². The third-order valence-electron chi connectivity index (χ3n) is 3.13. The van der Waals surface area contributed by atoms with Crippen molar-refractivity contribution in [3.63, 3.8) is 0 Å². The number of carboxylic acid groups (broad SMARTS) is 1. The SMILES string of the molecule is C[Si](C)(C)c1ccc(Nc2cnc(Br)cc2OC(=O)O)c(F)c1. The van der Waals surface area contributed by atoms with Crippen LogP contribution >= 0.6 is 15.9 Å². The van der Waals surface area contributed by atoms with Crippen LogP contribution in [0.1, 0.15) is 0 Å². The van der Waals surface area contributed by atoms with Gasteiger partial charge in [0.15, 0.2) is 5.75 Å². The first-order valence-electron chi connectivity index (χ1n) is 6.80. The molecule has 0 amide bonds. The fourth-order valence-electron chi connectivity index (χ4n) is 1.91. The summed E-state index contributed by atoms with van der Waals surface area (Å²) in [6, 6.07) is 6.42. The smallest absolute Gasteiger partial charge is 0.449 e. The van der Waals surface area contributed by atoms with E-state index in [1.54, 1.807) is 6.07 Å². The lowest BCUT2D eigenvalue weighted by Gasteiger charge is -2.18. The van der Waals surface area contributed by atoms with E-state index in [2.05, 4.69) is 50.6 Å². The standard InChI is InChI=1S/C15H16BrFN2O3Si/c1-23(2,3)9-4-5-11(10(17)6-9)19-12-8-18-14(16)7-13(12)22-15(20)21/h4-8,19H,1-3H3,(H,20,21). The number of halogens is 2. The number of nitrogens with one attached hydrogen (secondary N) is 1. The molecule has 0 saturated carbocycles. The monoisotopic (exact) mass is 398 g/mol. The van der Waals surface area contributed by atoms with Crippen LogP contribution in [0.3, 0.4) is 0 Å². The fraction of sp³-hybridized carbons (Fsp3) is 0.200. The molecule has 5 nitrogen and oxygen atoms in total. The Morgan fingerprint density at radius 1 is 1.30 bits per heavy atom.